The van der Waals surface area contributed by atoms with Crippen molar-refractivity contribution in [3.8, 4) is 5.69 Å². The van der Waals surface area contributed by atoms with E-state index in [2.05, 4.69) is 56.7 Å². The molecule has 2 N–H and O–H groups in total. The molecule has 0 unspecified atom stereocenters. The van der Waals surface area contributed by atoms with E-state index in [9.17, 15) is 0 Å². The molecule has 0 aliphatic rings. The minimum absolute atomic E-state index is 0.512. The summed E-state index contributed by atoms with van der Waals surface area (Å²) in [4.78, 5) is 6.52. The molecule has 0 aliphatic carbocycles. The average Bonchev–Trinajstić information content (AvgIpc) is 2.73. The highest BCUT2D eigenvalue weighted by Crippen LogP contribution is 2.26. The Balaban J connectivity index is 2.24. The van der Waals surface area contributed by atoms with Crippen molar-refractivity contribution in [2.75, 3.05) is 24.7 Å². The van der Waals surface area contributed by atoms with E-state index in [1.54, 1.807) is 0 Å². The molecule has 0 radical (unpaired) electrons. The number of nitrogens with two attached hydrogens (primary N) is 1. The van der Waals surface area contributed by atoms with Crippen molar-refractivity contribution in [1.29, 1.82) is 0 Å². The molecule has 1 heterocycles. The number of halogens is 1. The van der Waals surface area contributed by atoms with Gasteiger partial charge in [0.25, 0.3) is 0 Å². The third-order valence-electron chi connectivity index (χ3n) is 3.25. The molecule has 0 saturated carbocycles. The molecule has 0 fully saturated rings. The number of hydrogen-bond donors (Lipinski definition) is 1. The lowest BCUT2D eigenvalue weighted by Crippen LogP contribution is -2.09. The van der Waals surface area contributed by atoms with Gasteiger partial charge in [0.1, 0.15) is 0 Å². The van der Waals surface area contributed by atoms with Crippen LogP contribution in [-0.2, 0) is 0 Å². The maximum absolute atomic E-state index is 6.10. The minimum atomic E-state index is 0.512. The van der Waals surface area contributed by atoms with Crippen molar-refractivity contribution in [2.45, 2.75) is 0 Å². The summed E-state index contributed by atoms with van der Waals surface area (Å²) in [5.41, 5.74) is 10.2. The standard InChI is InChI=1S/C15H15IN4/c1-19(2)11-4-3-5-12(9-11)20-14-7-6-10(16)8-13(14)18-15(20)17/h3-9H,1-2H3,(H2,17,18). The van der Waals surface area contributed by atoms with Crippen molar-refractivity contribution in [1.82, 2.24) is 9.55 Å². The fraction of sp³-hybridized carbons (Fsp3) is 0.133. The molecule has 0 bridgehead atoms. The Morgan fingerprint density at radius 1 is 1.15 bits per heavy atom. The predicted octanol–water partition coefficient (Wildman–Crippen LogP) is 3.28. The molecule has 3 aromatic rings. The lowest BCUT2D eigenvalue weighted by atomic mass is 10.2. The first kappa shape index (κ1) is 13.2. The molecule has 0 amide bonds. The van der Waals surface area contributed by atoms with Crippen molar-refractivity contribution in [3.05, 3.63) is 46.0 Å². The maximum Gasteiger partial charge on any atom is 0.205 e. The number of nitrogen functional groups attached to an aromatic ring is 1. The summed E-state index contributed by atoms with van der Waals surface area (Å²) in [5, 5.41) is 0. The second-order valence-electron chi connectivity index (χ2n) is 4.85. The fourth-order valence-electron chi connectivity index (χ4n) is 2.25. The lowest BCUT2D eigenvalue weighted by Gasteiger charge is -2.14. The van der Waals surface area contributed by atoms with Crippen LogP contribution in [0, 0.1) is 3.57 Å². The van der Waals surface area contributed by atoms with Crippen molar-refractivity contribution in [2.24, 2.45) is 0 Å². The van der Waals surface area contributed by atoms with Gasteiger partial charge >= 0.3 is 0 Å². The van der Waals surface area contributed by atoms with Crippen LogP contribution in [0.2, 0.25) is 0 Å². The lowest BCUT2D eigenvalue weighted by molar-refractivity contribution is 1.09. The molecule has 1 aromatic heterocycles. The Morgan fingerprint density at radius 3 is 2.70 bits per heavy atom. The second kappa shape index (κ2) is 4.97. The van der Waals surface area contributed by atoms with Gasteiger partial charge in [0.05, 0.1) is 16.7 Å². The number of fused-ring (bicyclic) bond motifs is 1. The Hall–Kier alpha value is -1.76. The highest BCUT2D eigenvalue weighted by atomic mass is 127. The summed E-state index contributed by atoms with van der Waals surface area (Å²) >= 11 is 2.28. The SMILES string of the molecule is CN(C)c1cccc(-n2c(N)nc3cc(I)ccc32)c1. The van der Waals surface area contributed by atoms with E-state index >= 15 is 0 Å². The van der Waals surface area contributed by atoms with E-state index in [1.165, 1.54) is 0 Å². The molecular weight excluding hydrogens is 363 g/mol. The van der Waals surface area contributed by atoms with Crippen LogP contribution in [-0.4, -0.2) is 23.6 Å². The van der Waals surface area contributed by atoms with Crippen LogP contribution < -0.4 is 10.6 Å². The zero-order chi connectivity index (χ0) is 14.3. The van der Waals surface area contributed by atoms with Crippen molar-refractivity contribution in [3.63, 3.8) is 0 Å². The number of nitrogens with zero attached hydrogens (tertiary/aromatic N) is 3. The summed E-state index contributed by atoms with van der Waals surface area (Å²) in [5.74, 6) is 0.512. The summed E-state index contributed by atoms with van der Waals surface area (Å²) < 4.78 is 3.14. The third kappa shape index (κ3) is 2.22. The molecule has 3 rings (SSSR count). The first-order valence-electron chi connectivity index (χ1n) is 6.27. The smallest absolute Gasteiger partial charge is 0.205 e. The van der Waals surface area contributed by atoms with Gasteiger partial charge in [-0.2, -0.15) is 0 Å². The van der Waals surface area contributed by atoms with Crippen LogP contribution in [0.1, 0.15) is 0 Å². The van der Waals surface area contributed by atoms with Gasteiger partial charge in [-0.15, -0.1) is 0 Å². The zero-order valence-corrected chi connectivity index (χ0v) is 13.5. The summed E-state index contributed by atoms with van der Waals surface area (Å²) in [7, 11) is 4.05. The van der Waals surface area contributed by atoms with Crippen LogP contribution in [0.5, 0.6) is 0 Å². The second-order valence-corrected chi connectivity index (χ2v) is 6.10. The molecule has 0 spiro atoms. The summed E-state index contributed by atoms with van der Waals surface area (Å²) in [6.45, 7) is 0. The Labute approximate surface area is 131 Å². The Kier molecular flexibility index (Phi) is 3.29. The van der Waals surface area contributed by atoms with E-state index < -0.39 is 0 Å². The quantitative estimate of drug-likeness (QED) is 0.697. The van der Waals surface area contributed by atoms with Crippen LogP contribution in [0.4, 0.5) is 11.6 Å². The van der Waals surface area contributed by atoms with Gasteiger partial charge in [-0.05, 0) is 59.0 Å². The highest BCUT2D eigenvalue weighted by Gasteiger charge is 2.10. The normalized spacial score (nSPS) is 10.9. The first-order chi connectivity index (χ1) is 9.56. The van der Waals surface area contributed by atoms with Crippen LogP contribution >= 0.6 is 22.6 Å². The number of hydrogen-bond acceptors (Lipinski definition) is 3. The number of aromatic nitrogens is 2. The average molecular weight is 378 g/mol. The zero-order valence-electron chi connectivity index (χ0n) is 11.3. The van der Waals surface area contributed by atoms with Crippen LogP contribution in [0.25, 0.3) is 16.7 Å². The molecule has 20 heavy (non-hydrogen) atoms. The predicted molar refractivity (Wildman–Crippen MR) is 92.5 cm³/mol. The van der Waals surface area contributed by atoms with Crippen molar-refractivity contribution < 1.29 is 0 Å². The minimum Gasteiger partial charge on any atom is -0.378 e. The number of anilines is 2. The van der Waals surface area contributed by atoms with Gasteiger partial charge in [0, 0.05) is 23.4 Å². The van der Waals surface area contributed by atoms with E-state index in [4.69, 9.17) is 5.73 Å². The van der Waals surface area contributed by atoms with Crippen molar-refractivity contribution >= 4 is 45.3 Å². The highest BCUT2D eigenvalue weighted by molar-refractivity contribution is 14.1. The number of rotatable bonds is 2. The molecule has 0 atom stereocenters. The number of benzene rings is 2. The molecule has 2 aromatic carbocycles. The maximum atomic E-state index is 6.10. The van der Waals surface area contributed by atoms with E-state index in [-0.39, 0.29) is 0 Å². The molecule has 4 nitrogen and oxygen atoms in total. The van der Waals surface area contributed by atoms with Gasteiger partial charge < -0.3 is 10.6 Å². The topological polar surface area (TPSA) is 47.1 Å². The van der Waals surface area contributed by atoms with Crippen LogP contribution in [0.3, 0.4) is 0 Å². The van der Waals surface area contributed by atoms with E-state index in [0.29, 0.717) is 5.95 Å². The molecular formula is C15H15IN4. The van der Waals surface area contributed by atoms with Gasteiger partial charge in [-0.3, -0.25) is 4.57 Å². The fourth-order valence-corrected chi connectivity index (χ4v) is 2.73. The molecule has 102 valence electrons. The van der Waals surface area contributed by atoms with Gasteiger partial charge in [-0.25, -0.2) is 4.98 Å². The molecule has 0 aliphatic heterocycles. The first-order valence-corrected chi connectivity index (χ1v) is 7.35. The third-order valence-corrected chi connectivity index (χ3v) is 3.92. The summed E-state index contributed by atoms with van der Waals surface area (Å²) in [6, 6.07) is 14.4. The van der Waals surface area contributed by atoms with Gasteiger partial charge in [0.2, 0.25) is 5.95 Å². The van der Waals surface area contributed by atoms with E-state index in [0.717, 1.165) is 26.0 Å². The van der Waals surface area contributed by atoms with Crippen LogP contribution in [0.15, 0.2) is 42.5 Å². The van der Waals surface area contributed by atoms with E-state index in [1.807, 2.05) is 36.9 Å². The van der Waals surface area contributed by atoms with Gasteiger partial charge in [-0.1, -0.05) is 6.07 Å². The number of imidazole rings is 1. The Bertz CT molecular complexity index is 777. The monoisotopic (exact) mass is 378 g/mol. The summed E-state index contributed by atoms with van der Waals surface area (Å²) in [6.07, 6.45) is 0. The Morgan fingerprint density at radius 2 is 1.95 bits per heavy atom. The van der Waals surface area contributed by atoms with Gasteiger partial charge in [0.15, 0.2) is 0 Å². The molecule has 0 saturated heterocycles. The largest absolute Gasteiger partial charge is 0.378 e. The molecule has 5 heteroatoms.